The Bertz CT molecular complexity index is 1160. The van der Waals surface area contributed by atoms with Crippen LogP contribution in [0.4, 0.5) is 0 Å². The Balaban J connectivity index is 1.53. The van der Waals surface area contributed by atoms with Crippen LogP contribution in [0.2, 0.25) is 0 Å². The molecule has 2 aromatic carbocycles. The van der Waals surface area contributed by atoms with Crippen LogP contribution in [0, 0.1) is 0 Å². The molecule has 28 heavy (non-hydrogen) atoms. The largest absolute Gasteiger partial charge is 0.494 e. The van der Waals surface area contributed by atoms with Crippen molar-refractivity contribution in [1.29, 1.82) is 0 Å². The van der Waals surface area contributed by atoms with Crippen molar-refractivity contribution in [2.45, 2.75) is 38.9 Å². The molecule has 1 aliphatic rings. The molecule has 1 aliphatic heterocycles. The van der Waals surface area contributed by atoms with Gasteiger partial charge >= 0.3 is 7.12 Å². The van der Waals surface area contributed by atoms with Gasteiger partial charge in [0.15, 0.2) is 0 Å². The molecule has 0 aliphatic carbocycles. The van der Waals surface area contributed by atoms with Crippen LogP contribution in [0.15, 0.2) is 60.9 Å². The maximum atomic E-state index is 6.17. The second kappa shape index (κ2) is 5.93. The number of hydrogen-bond acceptors (Lipinski definition) is 3. The SMILES string of the molecule is CC1(C)OB(c2ccc(-c3cccc4c3[nH]c3cnccc34)cc2)OC1(C)C. The van der Waals surface area contributed by atoms with E-state index < -0.39 is 0 Å². The molecule has 4 aromatic rings. The molecule has 1 N–H and O–H groups in total. The summed E-state index contributed by atoms with van der Waals surface area (Å²) in [7, 11) is -0.339. The van der Waals surface area contributed by atoms with E-state index >= 15 is 0 Å². The van der Waals surface area contributed by atoms with Crippen LogP contribution in [0.5, 0.6) is 0 Å². The van der Waals surface area contributed by atoms with Crippen LogP contribution < -0.4 is 5.46 Å². The summed E-state index contributed by atoms with van der Waals surface area (Å²) in [5, 5.41) is 2.41. The lowest BCUT2D eigenvalue weighted by atomic mass is 9.78. The van der Waals surface area contributed by atoms with E-state index in [0.717, 1.165) is 22.1 Å². The number of para-hydroxylation sites is 1. The van der Waals surface area contributed by atoms with E-state index in [2.05, 4.69) is 86.2 Å². The minimum absolute atomic E-state index is 0.333. The number of hydrogen-bond donors (Lipinski definition) is 1. The molecule has 0 bridgehead atoms. The average Bonchev–Trinajstić information content (AvgIpc) is 3.15. The van der Waals surface area contributed by atoms with Gasteiger partial charge in [0.05, 0.1) is 28.4 Å². The van der Waals surface area contributed by atoms with Crippen LogP contribution in [0.25, 0.3) is 32.9 Å². The third-order valence-corrected chi connectivity index (χ3v) is 6.18. The van der Waals surface area contributed by atoms with Crippen molar-refractivity contribution in [3.05, 3.63) is 60.9 Å². The molecule has 0 radical (unpaired) electrons. The van der Waals surface area contributed by atoms with E-state index in [-0.39, 0.29) is 18.3 Å². The molecular weight excluding hydrogens is 347 g/mol. The number of benzene rings is 2. The third-order valence-electron chi connectivity index (χ3n) is 6.18. The molecule has 4 nitrogen and oxygen atoms in total. The van der Waals surface area contributed by atoms with Crippen molar-refractivity contribution < 1.29 is 9.31 Å². The average molecular weight is 370 g/mol. The molecule has 0 atom stereocenters. The normalized spacial score (nSPS) is 18.2. The van der Waals surface area contributed by atoms with Crippen molar-refractivity contribution in [3.8, 4) is 11.1 Å². The summed E-state index contributed by atoms with van der Waals surface area (Å²) in [6, 6.07) is 16.9. The summed E-state index contributed by atoms with van der Waals surface area (Å²) < 4.78 is 12.3. The predicted octanol–water partition coefficient (Wildman–Crippen LogP) is 4.68. The molecule has 0 spiro atoms. The van der Waals surface area contributed by atoms with Crippen LogP contribution in [-0.2, 0) is 9.31 Å². The van der Waals surface area contributed by atoms with Crippen LogP contribution in [-0.4, -0.2) is 28.3 Å². The topological polar surface area (TPSA) is 47.1 Å². The molecule has 1 saturated heterocycles. The molecule has 1 fully saturated rings. The molecular formula is C23H23BN2O2. The Morgan fingerprint density at radius 1 is 0.857 bits per heavy atom. The second-order valence-corrected chi connectivity index (χ2v) is 8.48. The Morgan fingerprint density at radius 2 is 1.57 bits per heavy atom. The number of nitrogens with zero attached hydrogens (tertiary/aromatic N) is 1. The number of pyridine rings is 1. The van der Waals surface area contributed by atoms with Crippen molar-refractivity contribution in [1.82, 2.24) is 9.97 Å². The van der Waals surface area contributed by atoms with Crippen LogP contribution in [0.3, 0.4) is 0 Å². The number of H-pyrrole nitrogens is 1. The number of fused-ring (bicyclic) bond motifs is 3. The molecule has 140 valence electrons. The highest BCUT2D eigenvalue weighted by Crippen LogP contribution is 2.37. The van der Waals surface area contributed by atoms with Gasteiger partial charge in [-0.05, 0) is 44.8 Å². The fraction of sp³-hybridized carbons (Fsp3) is 0.261. The predicted molar refractivity (Wildman–Crippen MR) is 115 cm³/mol. The minimum atomic E-state index is -0.339. The smallest absolute Gasteiger partial charge is 0.399 e. The van der Waals surface area contributed by atoms with E-state index in [1.165, 1.54) is 16.3 Å². The zero-order valence-corrected chi connectivity index (χ0v) is 16.6. The van der Waals surface area contributed by atoms with Gasteiger partial charge in [0.25, 0.3) is 0 Å². The highest BCUT2D eigenvalue weighted by molar-refractivity contribution is 6.62. The maximum absolute atomic E-state index is 6.17. The van der Waals surface area contributed by atoms with Gasteiger partial charge in [-0.2, -0.15) is 0 Å². The van der Waals surface area contributed by atoms with Crippen molar-refractivity contribution in [2.75, 3.05) is 0 Å². The van der Waals surface area contributed by atoms with E-state index in [9.17, 15) is 0 Å². The quantitative estimate of drug-likeness (QED) is 0.521. The van der Waals surface area contributed by atoms with E-state index in [0.29, 0.717) is 0 Å². The first-order valence-corrected chi connectivity index (χ1v) is 9.66. The Morgan fingerprint density at radius 3 is 2.29 bits per heavy atom. The first kappa shape index (κ1) is 17.5. The summed E-state index contributed by atoms with van der Waals surface area (Å²) in [6.45, 7) is 8.30. The van der Waals surface area contributed by atoms with E-state index in [1.807, 2.05) is 12.4 Å². The standard InChI is InChI=1S/C23H23BN2O2/c1-22(2)23(3,4)28-24(27-22)16-10-8-15(9-11-16)17-6-5-7-19-18-12-13-25-14-20(18)26-21(17)19/h5-14,26H,1-4H3. The van der Waals surface area contributed by atoms with E-state index in [1.54, 1.807) is 0 Å². The fourth-order valence-electron chi connectivity index (χ4n) is 3.81. The van der Waals surface area contributed by atoms with Gasteiger partial charge in [-0.1, -0.05) is 42.5 Å². The Hall–Kier alpha value is -2.63. The lowest BCUT2D eigenvalue weighted by molar-refractivity contribution is 0.00578. The highest BCUT2D eigenvalue weighted by atomic mass is 16.7. The summed E-state index contributed by atoms with van der Waals surface area (Å²) in [6.07, 6.45) is 3.71. The third kappa shape index (κ3) is 2.58. The molecule has 0 unspecified atom stereocenters. The fourth-order valence-corrected chi connectivity index (χ4v) is 3.81. The van der Waals surface area contributed by atoms with Gasteiger partial charge in [0, 0.05) is 22.5 Å². The van der Waals surface area contributed by atoms with Gasteiger partial charge in [-0.15, -0.1) is 0 Å². The summed E-state index contributed by atoms with van der Waals surface area (Å²) in [5.74, 6) is 0. The first-order chi connectivity index (χ1) is 13.4. The van der Waals surface area contributed by atoms with Crippen molar-refractivity contribution >= 4 is 34.4 Å². The first-order valence-electron chi connectivity index (χ1n) is 9.66. The Labute approximate surface area is 165 Å². The zero-order valence-electron chi connectivity index (χ0n) is 16.6. The molecule has 5 heteroatoms. The van der Waals surface area contributed by atoms with Gasteiger partial charge in [-0.25, -0.2) is 0 Å². The number of nitrogens with one attached hydrogen (secondary N) is 1. The number of aromatic nitrogens is 2. The zero-order chi connectivity index (χ0) is 19.5. The molecule has 3 heterocycles. The summed E-state index contributed by atoms with van der Waals surface area (Å²) in [5.41, 5.74) is 4.89. The van der Waals surface area contributed by atoms with Gasteiger partial charge in [0.1, 0.15) is 0 Å². The van der Waals surface area contributed by atoms with Crippen LogP contribution in [0.1, 0.15) is 27.7 Å². The van der Waals surface area contributed by atoms with E-state index in [4.69, 9.17) is 9.31 Å². The van der Waals surface area contributed by atoms with Crippen molar-refractivity contribution in [2.24, 2.45) is 0 Å². The van der Waals surface area contributed by atoms with Gasteiger partial charge in [0.2, 0.25) is 0 Å². The number of aromatic amines is 1. The molecule has 5 rings (SSSR count). The molecule has 0 amide bonds. The monoisotopic (exact) mass is 370 g/mol. The maximum Gasteiger partial charge on any atom is 0.494 e. The molecule has 0 saturated carbocycles. The highest BCUT2D eigenvalue weighted by Gasteiger charge is 2.51. The number of rotatable bonds is 2. The van der Waals surface area contributed by atoms with Gasteiger partial charge < -0.3 is 14.3 Å². The summed E-state index contributed by atoms with van der Waals surface area (Å²) in [4.78, 5) is 7.76. The van der Waals surface area contributed by atoms with Crippen molar-refractivity contribution in [3.63, 3.8) is 0 Å². The molecule has 2 aromatic heterocycles. The lowest BCUT2D eigenvalue weighted by Gasteiger charge is -2.32. The lowest BCUT2D eigenvalue weighted by Crippen LogP contribution is -2.41. The Kier molecular flexibility index (Phi) is 3.70. The minimum Gasteiger partial charge on any atom is -0.399 e. The summed E-state index contributed by atoms with van der Waals surface area (Å²) >= 11 is 0. The second-order valence-electron chi connectivity index (χ2n) is 8.48. The van der Waals surface area contributed by atoms with Crippen LogP contribution >= 0.6 is 0 Å². The van der Waals surface area contributed by atoms with Gasteiger partial charge in [-0.3, -0.25) is 4.98 Å².